The first kappa shape index (κ1) is 11.1. The molecule has 0 amide bonds. The van der Waals surface area contributed by atoms with E-state index in [4.69, 9.17) is 5.73 Å². The predicted molar refractivity (Wildman–Crippen MR) is 46.1 cm³/mol. The number of rotatable bonds is 0. The van der Waals surface area contributed by atoms with Crippen molar-refractivity contribution in [3.05, 3.63) is 16.7 Å². The highest BCUT2D eigenvalue weighted by molar-refractivity contribution is 5.69. The maximum atomic E-state index is 11.0. The van der Waals surface area contributed by atoms with Crippen molar-refractivity contribution in [2.24, 2.45) is 0 Å². The number of nitrogens with one attached hydrogen (secondary N) is 2. The average Bonchev–Trinajstić information content (AvgIpc) is 2.34. The van der Waals surface area contributed by atoms with E-state index >= 15 is 0 Å². The standard InChI is InChI=1S/C5H5N5O.2H2O/c6-5-9-3-2(4(11)10-5)7-1-8-3;;/h1H,(H4,6,7,8,9,10,11);2*1H2. The molecule has 0 unspecified atom stereocenters. The molecule has 8 N–H and O–H groups in total. The highest BCUT2D eigenvalue weighted by Gasteiger charge is 2.01. The van der Waals surface area contributed by atoms with E-state index in [1.807, 2.05) is 0 Å². The molecule has 2 rings (SSSR count). The lowest BCUT2D eigenvalue weighted by molar-refractivity contribution is 0.823. The van der Waals surface area contributed by atoms with Crippen LogP contribution in [-0.2, 0) is 0 Å². The quantitative estimate of drug-likeness (QED) is 0.418. The van der Waals surface area contributed by atoms with Crippen molar-refractivity contribution in [2.45, 2.75) is 0 Å². The van der Waals surface area contributed by atoms with Gasteiger partial charge in [-0.25, -0.2) is 4.98 Å². The number of nitrogens with zero attached hydrogens (tertiary/aromatic N) is 2. The van der Waals surface area contributed by atoms with Gasteiger partial charge in [-0.3, -0.25) is 9.78 Å². The first-order chi connectivity index (χ1) is 5.27. The van der Waals surface area contributed by atoms with E-state index in [9.17, 15) is 4.79 Å². The number of nitrogens with two attached hydrogens (primary N) is 1. The summed E-state index contributed by atoms with van der Waals surface area (Å²) in [7, 11) is 0. The van der Waals surface area contributed by atoms with Crippen molar-refractivity contribution in [3.63, 3.8) is 0 Å². The molecular weight excluding hydrogens is 178 g/mol. The van der Waals surface area contributed by atoms with Gasteiger partial charge in [-0.1, -0.05) is 0 Å². The fourth-order valence-electron chi connectivity index (χ4n) is 0.860. The molecule has 0 aliphatic rings. The summed E-state index contributed by atoms with van der Waals surface area (Å²) in [5.74, 6) is 0.0783. The van der Waals surface area contributed by atoms with Gasteiger partial charge in [0.05, 0.1) is 6.33 Å². The van der Waals surface area contributed by atoms with Crippen LogP contribution in [0.4, 0.5) is 5.95 Å². The maximum Gasteiger partial charge on any atom is 0.278 e. The van der Waals surface area contributed by atoms with Gasteiger partial charge < -0.3 is 21.7 Å². The number of nitrogen functional groups attached to an aromatic ring is 1. The number of aromatic nitrogens is 4. The van der Waals surface area contributed by atoms with Gasteiger partial charge in [-0.15, -0.1) is 0 Å². The Balaban J connectivity index is 0.000000720. The van der Waals surface area contributed by atoms with Crippen LogP contribution in [-0.4, -0.2) is 30.9 Å². The van der Waals surface area contributed by atoms with Crippen molar-refractivity contribution in [1.29, 1.82) is 0 Å². The topological polar surface area (TPSA) is 163 Å². The van der Waals surface area contributed by atoms with E-state index in [2.05, 4.69) is 19.9 Å². The second kappa shape index (κ2) is 3.65. The number of fused-ring (bicyclic) bond motifs is 1. The van der Waals surface area contributed by atoms with Crippen LogP contribution in [0.25, 0.3) is 11.2 Å². The van der Waals surface area contributed by atoms with Crippen LogP contribution >= 0.6 is 0 Å². The Morgan fingerprint density at radius 3 is 2.77 bits per heavy atom. The lowest BCUT2D eigenvalue weighted by Gasteiger charge is -1.89. The lowest BCUT2D eigenvalue weighted by atomic mass is 10.5. The average molecular weight is 187 g/mol. The molecule has 0 fully saturated rings. The number of anilines is 1. The first-order valence-corrected chi connectivity index (χ1v) is 2.96. The Kier molecular flexibility index (Phi) is 3.11. The molecule has 0 bridgehead atoms. The van der Waals surface area contributed by atoms with Crippen LogP contribution in [0.15, 0.2) is 11.1 Å². The van der Waals surface area contributed by atoms with Gasteiger partial charge in [0.15, 0.2) is 11.2 Å². The molecule has 0 radical (unpaired) electrons. The fraction of sp³-hybridized carbons (Fsp3) is 0. The molecule has 0 aromatic carbocycles. The monoisotopic (exact) mass is 187 g/mol. The highest BCUT2D eigenvalue weighted by Crippen LogP contribution is 1.98. The number of imidazole rings is 1. The van der Waals surface area contributed by atoms with Crippen LogP contribution < -0.4 is 11.3 Å². The molecule has 0 aliphatic carbocycles. The third kappa shape index (κ3) is 1.63. The number of hydrogen-bond acceptors (Lipinski definition) is 4. The van der Waals surface area contributed by atoms with Crippen molar-refractivity contribution < 1.29 is 11.0 Å². The van der Waals surface area contributed by atoms with E-state index in [0.717, 1.165) is 0 Å². The molecule has 0 spiro atoms. The number of aromatic amines is 2. The van der Waals surface area contributed by atoms with Gasteiger partial charge in [0.25, 0.3) is 5.56 Å². The zero-order valence-corrected chi connectivity index (χ0v) is 6.46. The Labute approximate surface area is 71.4 Å². The summed E-state index contributed by atoms with van der Waals surface area (Å²) < 4.78 is 0. The summed E-state index contributed by atoms with van der Waals surface area (Å²) in [6.07, 6.45) is 1.40. The van der Waals surface area contributed by atoms with E-state index in [1.165, 1.54) is 6.33 Å². The SMILES string of the molecule is Nc1nc2nc[nH]c2c(=O)[nH]1.O.O. The van der Waals surface area contributed by atoms with Crippen molar-refractivity contribution in [2.75, 3.05) is 5.73 Å². The smallest absolute Gasteiger partial charge is 0.278 e. The second-order valence-electron chi connectivity index (χ2n) is 2.05. The van der Waals surface area contributed by atoms with Crippen molar-refractivity contribution in [1.82, 2.24) is 19.9 Å². The van der Waals surface area contributed by atoms with E-state index in [1.54, 1.807) is 0 Å². The summed E-state index contributed by atoms with van der Waals surface area (Å²) in [5, 5.41) is 0. The summed E-state index contributed by atoms with van der Waals surface area (Å²) in [6, 6.07) is 0. The van der Waals surface area contributed by atoms with Gasteiger partial charge in [0, 0.05) is 0 Å². The molecule has 2 heterocycles. The Bertz CT molecular complexity index is 447. The molecule has 0 saturated carbocycles. The Morgan fingerprint density at radius 1 is 1.38 bits per heavy atom. The molecule has 0 atom stereocenters. The molecular formula is C5H9N5O3. The minimum absolute atomic E-state index is 0. The molecule has 13 heavy (non-hydrogen) atoms. The molecule has 8 nitrogen and oxygen atoms in total. The van der Waals surface area contributed by atoms with E-state index < -0.39 is 0 Å². The Hall–Kier alpha value is -1.93. The molecule has 2 aromatic heterocycles. The van der Waals surface area contributed by atoms with Crippen molar-refractivity contribution >= 4 is 17.1 Å². The van der Waals surface area contributed by atoms with Crippen molar-refractivity contribution in [3.8, 4) is 0 Å². The van der Waals surface area contributed by atoms with Crippen LogP contribution in [0.5, 0.6) is 0 Å². The third-order valence-corrected chi connectivity index (χ3v) is 1.31. The molecule has 72 valence electrons. The Morgan fingerprint density at radius 2 is 2.08 bits per heavy atom. The molecule has 0 aliphatic heterocycles. The van der Waals surface area contributed by atoms with Crippen LogP contribution in [0, 0.1) is 0 Å². The second-order valence-corrected chi connectivity index (χ2v) is 2.05. The van der Waals surface area contributed by atoms with E-state index in [0.29, 0.717) is 11.2 Å². The molecule has 8 heteroatoms. The summed E-state index contributed by atoms with van der Waals surface area (Å²) in [4.78, 5) is 23.5. The van der Waals surface area contributed by atoms with Gasteiger partial charge in [-0.2, -0.15) is 4.98 Å². The van der Waals surface area contributed by atoms with Crippen LogP contribution in [0.2, 0.25) is 0 Å². The van der Waals surface area contributed by atoms with Gasteiger partial charge in [-0.05, 0) is 0 Å². The van der Waals surface area contributed by atoms with E-state index in [-0.39, 0.29) is 22.5 Å². The number of hydrogen-bond donors (Lipinski definition) is 3. The van der Waals surface area contributed by atoms with Gasteiger partial charge in [0.2, 0.25) is 5.95 Å². The molecule has 2 aromatic rings. The minimum Gasteiger partial charge on any atom is -0.412 e. The predicted octanol–water partition coefficient (Wildman–Crippen LogP) is -2.42. The lowest BCUT2D eigenvalue weighted by Crippen LogP contribution is -2.10. The minimum atomic E-state index is -0.301. The molecule has 0 saturated heterocycles. The zero-order chi connectivity index (χ0) is 7.84. The normalized spacial score (nSPS) is 8.92. The van der Waals surface area contributed by atoms with Gasteiger partial charge in [0.1, 0.15) is 0 Å². The maximum absolute atomic E-state index is 11.0. The summed E-state index contributed by atoms with van der Waals surface area (Å²) in [5.41, 5.74) is 5.65. The van der Waals surface area contributed by atoms with Gasteiger partial charge >= 0.3 is 0 Å². The zero-order valence-electron chi connectivity index (χ0n) is 6.46. The number of H-pyrrole nitrogens is 2. The fourth-order valence-corrected chi connectivity index (χ4v) is 0.860. The first-order valence-electron chi connectivity index (χ1n) is 2.96. The highest BCUT2D eigenvalue weighted by atomic mass is 16.1. The van der Waals surface area contributed by atoms with Crippen LogP contribution in [0.1, 0.15) is 0 Å². The summed E-state index contributed by atoms with van der Waals surface area (Å²) in [6.45, 7) is 0. The largest absolute Gasteiger partial charge is 0.412 e. The summed E-state index contributed by atoms with van der Waals surface area (Å²) >= 11 is 0. The third-order valence-electron chi connectivity index (χ3n) is 1.31. The van der Waals surface area contributed by atoms with Crippen LogP contribution in [0.3, 0.4) is 0 Å².